The Morgan fingerprint density at radius 1 is 0.692 bits per heavy atom. The van der Waals surface area contributed by atoms with Crippen LogP contribution in [0.4, 0.5) is 11.4 Å². The van der Waals surface area contributed by atoms with Gasteiger partial charge in [0.15, 0.2) is 0 Å². The molecule has 2 heterocycles. The van der Waals surface area contributed by atoms with Gasteiger partial charge in [-0.2, -0.15) is 0 Å². The highest BCUT2D eigenvalue weighted by atomic mass is 16.4. The second kappa shape index (κ2) is 8.25. The third-order valence-corrected chi connectivity index (χ3v) is 3.38. The number of pyridine rings is 2. The van der Waals surface area contributed by atoms with E-state index in [9.17, 15) is 9.59 Å². The fourth-order valence-corrected chi connectivity index (χ4v) is 2.09. The molecule has 0 saturated heterocycles. The van der Waals surface area contributed by atoms with Gasteiger partial charge in [0.25, 0.3) is 0 Å². The molecule has 0 fully saturated rings. The van der Waals surface area contributed by atoms with Crippen LogP contribution in [-0.2, 0) is 0 Å². The van der Waals surface area contributed by atoms with E-state index >= 15 is 0 Å². The monoisotopic (exact) mass is 352 g/mol. The number of carboxylic acids is 2. The standard InChI is InChI=1S/C10H8N2.C8H8N2O4/c1-5-11-6-2-9(1)10-3-7-12-8-4-10;9-5-1-3(7(11)12)6(10)2-4(5)8(13)14/h1-8H;1-2H,9-10H2,(H,11,12)(H,13,14). The first-order chi connectivity index (χ1) is 12.4. The Bertz CT molecular complexity index is 838. The quantitative estimate of drug-likeness (QED) is 0.524. The lowest BCUT2D eigenvalue weighted by Gasteiger charge is -2.05. The summed E-state index contributed by atoms with van der Waals surface area (Å²) in [6.45, 7) is 0. The zero-order valence-electron chi connectivity index (χ0n) is 13.5. The fraction of sp³-hybridized carbons (Fsp3) is 0. The van der Waals surface area contributed by atoms with E-state index in [0.717, 1.165) is 12.1 Å². The molecule has 3 rings (SSSR count). The van der Waals surface area contributed by atoms with Crippen LogP contribution in [0.2, 0.25) is 0 Å². The van der Waals surface area contributed by atoms with Crippen LogP contribution >= 0.6 is 0 Å². The second-order valence-corrected chi connectivity index (χ2v) is 5.11. The second-order valence-electron chi connectivity index (χ2n) is 5.11. The van der Waals surface area contributed by atoms with Gasteiger partial charge in [0, 0.05) is 36.2 Å². The minimum Gasteiger partial charge on any atom is -0.478 e. The van der Waals surface area contributed by atoms with Crippen LogP contribution < -0.4 is 11.5 Å². The number of hydrogen-bond donors (Lipinski definition) is 4. The summed E-state index contributed by atoms with van der Waals surface area (Å²) in [6.07, 6.45) is 7.15. The smallest absolute Gasteiger partial charge is 0.337 e. The zero-order valence-corrected chi connectivity index (χ0v) is 13.5. The highest BCUT2D eigenvalue weighted by molar-refractivity contribution is 6.01. The van der Waals surface area contributed by atoms with Gasteiger partial charge in [0.1, 0.15) is 0 Å². The van der Waals surface area contributed by atoms with Crippen molar-refractivity contribution in [3.8, 4) is 11.1 Å². The fourth-order valence-electron chi connectivity index (χ4n) is 2.09. The summed E-state index contributed by atoms with van der Waals surface area (Å²) < 4.78 is 0. The number of benzene rings is 1. The van der Waals surface area contributed by atoms with Crippen LogP contribution in [-0.4, -0.2) is 32.1 Å². The van der Waals surface area contributed by atoms with Crippen LogP contribution in [0.5, 0.6) is 0 Å². The molecule has 2 aromatic heterocycles. The van der Waals surface area contributed by atoms with E-state index in [2.05, 4.69) is 9.97 Å². The van der Waals surface area contributed by atoms with Gasteiger partial charge in [-0.15, -0.1) is 0 Å². The molecule has 26 heavy (non-hydrogen) atoms. The van der Waals surface area contributed by atoms with Crippen molar-refractivity contribution in [2.45, 2.75) is 0 Å². The maximum Gasteiger partial charge on any atom is 0.337 e. The third-order valence-electron chi connectivity index (χ3n) is 3.38. The van der Waals surface area contributed by atoms with Gasteiger partial charge >= 0.3 is 11.9 Å². The lowest BCUT2D eigenvalue weighted by Crippen LogP contribution is -2.09. The summed E-state index contributed by atoms with van der Waals surface area (Å²) in [5.74, 6) is -2.49. The van der Waals surface area contributed by atoms with Crippen molar-refractivity contribution in [3.63, 3.8) is 0 Å². The Labute approximate surface area is 148 Å². The third kappa shape index (κ3) is 4.54. The summed E-state index contributed by atoms with van der Waals surface area (Å²) >= 11 is 0. The Hall–Kier alpha value is -3.94. The summed E-state index contributed by atoms with van der Waals surface area (Å²) in [5, 5.41) is 17.3. The molecule has 0 radical (unpaired) electrons. The molecule has 0 unspecified atom stereocenters. The first kappa shape index (κ1) is 18.4. The summed E-state index contributed by atoms with van der Waals surface area (Å²) in [4.78, 5) is 29.1. The van der Waals surface area contributed by atoms with Crippen molar-refractivity contribution in [2.24, 2.45) is 0 Å². The molecule has 8 nitrogen and oxygen atoms in total. The van der Waals surface area contributed by atoms with E-state index in [1.807, 2.05) is 24.3 Å². The Morgan fingerprint density at radius 3 is 1.27 bits per heavy atom. The molecular weight excluding hydrogens is 336 g/mol. The number of carboxylic acid groups (broad SMARTS) is 2. The summed E-state index contributed by atoms with van der Waals surface area (Å²) in [5.41, 5.74) is 12.4. The predicted octanol–water partition coefficient (Wildman–Crippen LogP) is 2.39. The predicted molar refractivity (Wildman–Crippen MR) is 96.7 cm³/mol. The average molecular weight is 352 g/mol. The van der Waals surface area contributed by atoms with E-state index in [4.69, 9.17) is 21.7 Å². The maximum atomic E-state index is 10.6. The van der Waals surface area contributed by atoms with Crippen molar-refractivity contribution in [2.75, 3.05) is 11.5 Å². The lowest BCUT2D eigenvalue weighted by atomic mass is 10.1. The number of nitrogen functional groups attached to an aromatic ring is 2. The van der Waals surface area contributed by atoms with Crippen molar-refractivity contribution in [1.82, 2.24) is 9.97 Å². The number of hydrogen-bond acceptors (Lipinski definition) is 6. The minimum atomic E-state index is -1.24. The zero-order chi connectivity index (χ0) is 19.1. The van der Waals surface area contributed by atoms with Gasteiger partial charge in [-0.25, -0.2) is 9.59 Å². The van der Waals surface area contributed by atoms with Gasteiger partial charge in [0.05, 0.1) is 11.1 Å². The lowest BCUT2D eigenvalue weighted by molar-refractivity contribution is 0.0683. The molecule has 8 heteroatoms. The molecule has 132 valence electrons. The van der Waals surface area contributed by atoms with Crippen molar-refractivity contribution < 1.29 is 19.8 Å². The van der Waals surface area contributed by atoms with E-state index in [1.165, 1.54) is 11.1 Å². The molecule has 0 atom stereocenters. The van der Waals surface area contributed by atoms with Crippen LogP contribution in [0.1, 0.15) is 20.7 Å². The first-order valence-electron chi connectivity index (χ1n) is 7.36. The number of anilines is 2. The number of aromatic nitrogens is 2. The van der Waals surface area contributed by atoms with Gasteiger partial charge in [0.2, 0.25) is 0 Å². The summed E-state index contributed by atoms with van der Waals surface area (Å²) in [7, 11) is 0. The molecule has 3 aromatic rings. The van der Waals surface area contributed by atoms with Crippen LogP contribution in [0.15, 0.2) is 61.2 Å². The molecule has 0 aliphatic heterocycles. The number of nitrogens with zero attached hydrogens (tertiary/aromatic N) is 2. The van der Waals surface area contributed by atoms with Crippen molar-refractivity contribution in [3.05, 3.63) is 72.3 Å². The number of carbonyl (C=O) groups is 2. The number of nitrogens with two attached hydrogens (primary N) is 2. The van der Waals surface area contributed by atoms with Crippen LogP contribution in [0.3, 0.4) is 0 Å². The normalized spacial score (nSPS) is 9.69. The maximum absolute atomic E-state index is 10.6. The Balaban J connectivity index is 0.000000189. The molecule has 0 spiro atoms. The summed E-state index contributed by atoms with van der Waals surface area (Å²) in [6, 6.07) is 9.98. The van der Waals surface area contributed by atoms with Crippen LogP contribution in [0, 0.1) is 0 Å². The van der Waals surface area contributed by atoms with E-state index in [-0.39, 0.29) is 22.5 Å². The highest BCUT2D eigenvalue weighted by Crippen LogP contribution is 2.21. The average Bonchev–Trinajstić information content (AvgIpc) is 2.65. The van der Waals surface area contributed by atoms with Crippen LogP contribution in [0.25, 0.3) is 11.1 Å². The van der Waals surface area contributed by atoms with Gasteiger partial charge in [-0.1, -0.05) is 0 Å². The van der Waals surface area contributed by atoms with Gasteiger partial charge in [-0.3, -0.25) is 9.97 Å². The molecule has 6 N–H and O–H groups in total. The molecule has 0 aliphatic carbocycles. The number of aromatic carboxylic acids is 2. The van der Waals surface area contributed by atoms with Gasteiger partial charge < -0.3 is 21.7 Å². The SMILES string of the molecule is Nc1cc(C(=O)O)c(N)cc1C(=O)O.c1cc(-c2ccncc2)ccn1. The van der Waals surface area contributed by atoms with Gasteiger partial charge in [-0.05, 0) is 47.5 Å². The van der Waals surface area contributed by atoms with Crippen molar-refractivity contribution >= 4 is 23.3 Å². The van der Waals surface area contributed by atoms with E-state index < -0.39 is 11.9 Å². The van der Waals surface area contributed by atoms with E-state index in [0.29, 0.717) is 0 Å². The molecular formula is C18H16N4O4. The first-order valence-corrected chi connectivity index (χ1v) is 7.36. The Kier molecular flexibility index (Phi) is 5.83. The van der Waals surface area contributed by atoms with Crippen molar-refractivity contribution in [1.29, 1.82) is 0 Å². The molecule has 1 aromatic carbocycles. The largest absolute Gasteiger partial charge is 0.478 e. The molecule has 0 bridgehead atoms. The Morgan fingerprint density at radius 2 is 1.00 bits per heavy atom. The minimum absolute atomic E-state index is 0.121. The molecule has 0 saturated carbocycles. The highest BCUT2D eigenvalue weighted by Gasteiger charge is 2.15. The number of rotatable bonds is 3. The topological polar surface area (TPSA) is 152 Å². The van der Waals surface area contributed by atoms with E-state index in [1.54, 1.807) is 24.8 Å². The molecule has 0 amide bonds. The molecule has 0 aliphatic rings.